The number of rotatable bonds is 12. The molecule has 2 rings (SSSR count). The molecule has 1 heterocycles. The number of nitrogens with zero attached hydrogens (tertiary/aromatic N) is 1. The summed E-state index contributed by atoms with van der Waals surface area (Å²) in [6.07, 6.45) is 3.68. The number of ether oxygens (including phenoxy) is 2. The molecule has 3 N–H and O–H groups in total. The molecular weight excluding hydrogens is 519 g/mol. The van der Waals surface area contributed by atoms with Crippen LogP contribution in [0.5, 0.6) is 0 Å². The van der Waals surface area contributed by atoms with E-state index in [1.54, 1.807) is 0 Å². The second-order valence-electron chi connectivity index (χ2n) is 8.45. The van der Waals surface area contributed by atoms with Gasteiger partial charge in [0.2, 0.25) is 5.91 Å². The number of nitrogens with one attached hydrogen (secondary N) is 3. The molecule has 1 amide bonds. The summed E-state index contributed by atoms with van der Waals surface area (Å²) in [4.78, 5) is 16.7. The number of aliphatic imine (C=N–C) groups is 1. The highest BCUT2D eigenvalue weighted by atomic mass is 127. The van der Waals surface area contributed by atoms with Crippen molar-refractivity contribution in [1.82, 2.24) is 10.6 Å². The van der Waals surface area contributed by atoms with Gasteiger partial charge in [-0.05, 0) is 55.7 Å². The number of halogens is 1. The minimum Gasteiger partial charge on any atom is -0.381 e. The van der Waals surface area contributed by atoms with Crippen LogP contribution < -0.4 is 16.0 Å². The molecule has 32 heavy (non-hydrogen) atoms. The summed E-state index contributed by atoms with van der Waals surface area (Å²) in [5, 5.41) is 9.61. The Morgan fingerprint density at radius 2 is 2.03 bits per heavy atom. The zero-order chi connectivity index (χ0) is 22.3. The first-order valence-electron chi connectivity index (χ1n) is 11.6. The van der Waals surface area contributed by atoms with Gasteiger partial charge in [0.05, 0.1) is 6.54 Å². The summed E-state index contributed by atoms with van der Waals surface area (Å²) in [6.45, 7) is 11.6. The molecule has 0 unspecified atom stereocenters. The highest BCUT2D eigenvalue weighted by Gasteiger charge is 2.13. The molecule has 1 aliphatic heterocycles. The molecular formula is C24H41IN4O3. The van der Waals surface area contributed by atoms with Gasteiger partial charge in [0.25, 0.3) is 0 Å². The van der Waals surface area contributed by atoms with Gasteiger partial charge in [-0.25, -0.2) is 4.99 Å². The van der Waals surface area contributed by atoms with E-state index in [9.17, 15) is 4.79 Å². The van der Waals surface area contributed by atoms with Crippen molar-refractivity contribution in [3.8, 4) is 0 Å². The number of anilines is 1. The Bertz CT molecular complexity index is 679. The van der Waals surface area contributed by atoms with Crippen molar-refractivity contribution < 1.29 is 14.3 Å². The van der Waals surface area contributed by atoms with Gasteiger partial charge < -0.3 is 25.4 Å². The lowest BCUT2D eigenvalue weighted by atomic mass is 10.0. The van der Waals surface area contributed by atoms with Crippen LogP contribution in [0.15, 0.2) is 29.3 Å². The third-order valence-corrected chi connectivity index (χ3v) is 5.02. The van der Waals surface area contributed by atoms with Crippen molar-refractivity contribution in [2.24, 2.45) is 16.8 Å². The average molecular weight is 561 g/mol. The summed E-state index contributed by atoms with van der Waals surface area (Å²) >= 11 is 0. The Kier molecular flexibility index (Phi) is 15.3. The predicted molar refractivity (Wildman–Crippen MR) is 142 cm³/mol. The van der Waals surface area contributed by atoms with E-state index >= 15 is 0 Å². The molecule has 0 aromatic heterocycles. The highest BCUT2D eigenvalue weighted by Crippen LogP contribution is 2.15. The van der Waals surface area contributed by atoms with Crippen LogP contribution in [0.1, 0.15) is 52.0 Å². The average Bonchev–Trinajstić information content (AvgIpc) is 2.74. The lowest BCUT2D eigenvalue weighted by Gasteiger charge is -2.21. The lowest BCUT2D eigenvalue weighted by Crippen LogP contribution is -2.38. The van der Waals surface area contributed by atoms with Crippen molar-refractivity contribution in [3.05, 3.63) is 29.8 Å². The van der Waals surface area contributed by atoms with E-state index in [0.29, 0.717) is 24.8 Å². The molecule has 1 aromatic rings. The Balaban J connectivity index is 0.00000512. The van der Waals surface area contributed by atoms with Crippen LogP contribution in [0.2, 0.25) is 0 Å². The molecule has 0 spiro atoms. The van der Waals surface area contributed by atoms with Gasteiger partial charge in [-0.1, -0.05) is 26.0 Å². The highest BCUT2D eigenvalue weighted by molar-refractivity contribution is 14.0. The fraction of sp³-hybridized carbons (Fsp3) is 0.667. The van der Waals surface area contributed by atoms with E-state index in [-0.39, 0.29) is 29.9 Å². The number of hydrogen-bond acceptors (Lipinski definition) is 4. The molecule has 1 aliphatic rings. The molecule has 0 saturated carbocycles. The Hall–Kier alpha value is -1.39. The second kappa shape index (κ2) is 17.1. The van der Waals surface area contributed by atoms with Gasteiger partial charge >= 0.3 is 0 Å². The van der Waals surface area contributed by atoms with Crippen LogP contribution in [0.3, 0.4) is 0 Å². The molecule has 1 aromatic carbocycles. The number of benzene rings is 1. The molecule has 182 valence electrons. The maximum atomic E-state index is 12.0. The fourth-order valence-corrected chi connectivity index (χ4v) is 3.39. The van der Waals surface area contributed by atoms with E-state index in [0.717, 1.165) is 76.0 Å². The minimum atomic E-state index is 0. The summed E-state index contributed by atoms with van der Waals surface area (Å²) in [7, 11) is 0. The number of hydrogen-bond donors (Lipinski definition) is 3. The SMILES string of the molecule is CCNC(=NCc1cccc(NC(=O)CC(C)C)c1)NCCCOCC1CCOCC1.I. The topological polar surface area (TPSA) is 84.0 Å². The summed E-state index contributed by atoms with van der Waals surface area (Å²) in [5.74, 6) is 1.83. The lowest BCUT2D eigenvalue weighted by molar-refractivity contribution is -0.116. The van der Waals surface area contributed by atoms with Crippen molar-refractivity contribution >= 4 is 41.5 Å². The Morgan fingerprint density at radius 1 is 1.25 bits per heavy atom. The van der Waals surface area contributed by atoms with E-state index in [2.05, 4.69) is 27.9 Å². The largest absolute Gasteiger partial charge is 0.381 e. The third-order valence-electron chi connectivity index (χ3n) is 5.02. The number of amides is 1. The molecule has 1 saturated heterocycles. The maximum absolute atomic E-state index is 12.0. The van der Waals surface area contributed by atoms with Crippen molar-refractivity contribution in [2.75, 3.05) is 44.8 Å². The van der Waals surface area contributed by atoms with Crippen LogP contribution in [-0.4, -0.2) is 51.4 Å². The molecule has 0 aliphatic carbocycles. The second-order valence-corrected chi connectivity index (χ2v) is 8.45. The number of carbonyl (C=O) groups is 1. The first kappa shape index (κ1) is 28.6. The van der Waals surface area contributed by atoms with E-state index < -0.39 is 0 Å². The molecule has 8 heteroatoms. The van der Waals surface area contributed by atoms with Crippen molar-refractivity contribution in [2.45, 2.75) is 53.0 Å². The van der Waals surface area contributed by atoms with Gasteiger partial charge in [-0.3, -0.25) is 4.79 Å². The van der Waals surface area contributed by atoms with Crippen LogP contribution in [0, 0.1) is 11.8 Å². The van der Waals surface area contributed by atoms with Gasteiger partial charge in [0.1, 0.15) is 0 Å². The van der Waals surface area contributed by atoms with Gasteiger partial charge in [-0.2, -0.15) is 0 Å². The van der Waals surface area contributed by atoms with Crippen LogP contribution in [0.4, 0.5) is 5.69 Å². The first-order valence-corrected chi connectivity index (χ1v) is 11.6. The molecule has 0 bridgehead atoms. The zero-order valence-electron chi connectivity index (χ0n) is 19.8. The smallest absolute Gasteiger partial charge is 0.224 e. The van der Waals surface area contributed by atoms with Crippen molar-refractivity contribution in [3.63, 3.8) is 0 Å². The summed E-state index contributed by atoms with van der Waals surface area (Å²) in [5.41, 5.74) is 1.87. The molecule has 0 radical (unpaired) electrons. The normalized spacial score (nSPS) is 14.7. The Labute approximate surface area is 210 Å². The van der Waals surface area contributed by atoms with Crippen LogP contribution >= 0.6 is 24.0 Å². The quantitative estimate of drug-likeness (QED) is 0.155. The third kappa shape index (κ3) is 12.6. The monoisotopic (exact) mass is 560 g/mol. The van der Waals surface area contributed by atoms with Crippen LogP contribution in [0.25, 0.3) is 0 Å². The van der Waals surface area contributed by atoms with Gasteiger partial charge in [0, 0.05) is 51.6 Å². The van der Waals surface area contributed by atoms with E-state index in [1.807, 2.05) is 38.1 Å². The molecule has 1 fully saturated rings. The number of guanidine groups is 1. The molecule has 7 nitrogen and oxygen atoms in total. The van der Waals surface area contributed by atoms with Crippen LogP contribution in [-0.2, 0) is 20.8 Å². The van der Waals surface area contributed by atoms with E-state index in [4.69, 9.17) is 9.47 Å². The summed E-state index contributed by atoms with van der Waals surface area (Å²) in [6, 6.07) is 7.87. The molecule has 0 atom stereocenters. The van der Waals surface area contributed by atoms with E-state index in [1.165, 1.54) is 0 Å². The summed E-state index contributed by atoms with van der Waals surface area (Å²) < 4.78 is 11.2. The van der Waals surface area contributed by atoms with Crippen molar-refractivity contribution in [1.29, 1.82) is 0 Å². The first-order chi connectivity index (χ1) is 15.1. The Morgan fingerprint density at radius 3 is 2.75 bits per heavy atom. The number of carbonyl (C=O) groups excluding carboxylic acids is 1. The standard InChI is InChI=1S/C24H40N4O3.HI/c1-4-25-24(26-11-6-12-31-18-20-9-13-30-14-10-20)27-17-21-7-5-8-22(16-21)28-23(29)15-19(2)3;/h5,7-8,16,19-20H,4,6,9-15,17-18H2,1-3H3,(H,28,29)(H2,25,26,27);1H. The zero-order valence-corrected chi connectivity index (χ0v) is 22.2. The minimum absolute atomic E-state index is 0. The van der Waals surface area contributed by atoms with Gasteiger partial charge in [0.15, 0.2) is 5.96 Å². The van der Waals surface area contributed by atoms with Gasteiger partial charge in [-0.15, -0.1) is 24.0 Å². The fourth-order valence-electron chi connectivity index (χ4n) is 3.39. The maximum Gasteiger partial charge on any atom is 0.224 e. The predicted octanol–water partition coefficient (Wildman–Crippen LogP) is 4.18.